The van der Waals surface area contributed by atoms with Gasteiger partial charge in [0.2, 0.25) is 0 Å². The van der Waals surface area contributed by atoms with Crippen LogP contribution >= 0.6 is 0 Å². The summed E-state index contributed by atoms with van der Waals surface area (Å²) in [6.45, 7) is 1.05. The van der Waals surface area contributed by atoms with Crippen molar-refractivity contribution in [3.63, 3.8) is 0 Å². The Morgan fingerprint density at radius 1 is 0.967 bits per heavy atom. The summed E-state index contributed by atoms with van der Waals surface area (Å²) in [4.78, 5) is 12.1. The van der Waals surface area contributed by atoms with Crippen LogP contribution in [-0.2, 0) is 13.0 Å². The van der Waals surface area contributed by atoms with Crippen LogP contribution < -0.4 is 15.4 Å². The number of benzene rings is 3. The molecule has 0 bridgehead atoms. The smallest absolute Gasteiger partial charge is 0.315 e. The Bertz CT molecular complexity index is 1120. The van der Waals surface area contributed by atoms with Crippen molar-refractivity contribution < 1.29 is 9.53 Å². The topological polar surface area (TPSA) is 68.2 Å². The number of ether oxygens (including phenoxy) is 1. The predicted molar refractivity (Wildman–Crippen MR) is 118 cm³/mol. The first-order valence-corrected chi connectivity index (χ1v) is 9.88. The van der Waals surface area contributed by atoms with Gasteiger partial charge in [0.05, 0.1) is 12.8 Å². The molecule has 0 unspecified atom stereocenters. The van der Waals surface area contributed by atoms with Crippen LogP contribution in [0.5, 0.6) is 5.75 Å². The second kappa shape index (κ2) is 9.13. The van der Waals surface area contributed by atoms with Gasteiger partial charge < -0.3 is 15.4 Å². The van der Waals surface area contributed by atoms with Gasteiger partial charge in [-0.2, -0.15) is 5.10 Å². The van der Waals surface area contributed by atoms with Crippen molar-refractivity contribution >= 4 is 16.8 Å². The van der Waals surface area contributed by atoms with Gasteiger partial charge in [-0.15, -0.1) is 0 Å². The summed E-state index contributed by atoms with van der Waals surface area (Å²) >= 11 is 0. The van der Waals surface area contributed by atoms with E-state index in [1.165, 1.54) is 0 Å². The number of hydrogen-bond donors (Lipinski definition) is 2. The minimum Gasteiger partial charge on any atom is -0.497 e. The van der Waals surface area contributed by atoms with Crippen LogP contribution in [0.3, 0.4) is 0 Å². The number of methoxy groups -OCH3 is 1. The van der Waals surface area contributed by atoms with Gasteiger partial charge in [-0.1, -0.05) is 30.3 Å². The fourth-order valence-electron chi connectivity index (χ4n) is 3.31. The molecule has 0 spiro atoms. The van der Waals surface area contributed by atoms with Gasteiger partial charge in [0, 0.05) is 25.5 Å². The predicted octanol–water partition coefficient (Wildman–Crippen LogP) is 4.08. The molecular weight excluding hydrogens is 376 g/mol. The van der Waals surface area contributed by atoms with E-state index in [9.17, 15) is 4.79 Å². The Morgan fingerprint density at radius 2 is 1.73 bits per heavy atom. The number of fused-ring (bicyclic) bond motifs is 1. The molecule has 4 aromatic rings. The molecule has 30 heavy (non-hydrogen) atoms. The number of hydrogen-bond acceptors (Lipinski definition) is 3. The Labute approximate surface area is 175 Å². The molecule has 1 aromatic heterocycles. The molecular formula is C24H24N4O2. The SMILES string of the molecule is COc1ccc2cc(CNC(=O)NCCc3ccc(-n4cccn4)cc3)ccc2c1. The van der Waals surface area contributed by atoms with Crippen LogP contribution in [0.2, 0.25) is 0 Å². The van der Waals surface area contributed by atoms with Crippen molar-refractivity contribution in [1.82, 2.24) is 20.4 Å². The van der Waals surface area contributed by atoms with Gasteiger partial charge in [0.1, 0.15) is 5.75 Å². The van der Waals surface area contributed by atoms with Gasteiger partial charge in [0.25, 0.3) is 0 Å². The third kappa shape index (κ3) is 4.78. The molecule has 0 fully saturated rings. The molecule has 0 aliphatic heterocycles. The quantitative estimate of drug-likeness (QED) is 0.491. The fourth-order valence-corrected chi connectivity index (χ4v) is 3.31. The van der Waals surface area contributed by atoms with Crippen LogP contribution in [0.15, 0.2) is 79.1 Å². The number of nitrogens with zero attached hydrogens (tertiary/aromatic N) is 2. The number of carbonyl (C=O) groups is 1. The lowest BCUT2D eigenvalue weighted by atomic mass is 10.1. The van der Waals surface area contributed by atoms with Crippen molar-refractivity contribution in [3.8, 4) is 11.4 Å². The summed E-state index contributed by atoms with van der Waals surface area (Å²) in [6, 6.07) is 22.0. The second-order valence-electron chi connectivity index (χ2n) is 7.02. The van der Waals surface area contributed by atoms with E-state index in [0.717, 1.165) is 39.8 Å². The van der Waals surface area contributed by atoms with Gasteiger partial charge >= 0.3 is 6.03 Å². The highest BCUT2D eigenvalue weighted by atomic mass is 16.5. The van der Waals surface area contributed by atoms with E-state index in [-0.39, 0.29) is 6.03 Å². The molecule has 1 heterocycles. The third-order valence-corrected chi connectivity index (χ3v) is 4.97. The normalized spacial score (nSPS) is 10.7. The molecule has 6 nitrogen and oxygen atoms in total. The largest absolute Gasteiger partial charge is 0.497 e. The van der Waals surface area contributed by atoms with Gasteiger partial charge in [-0.3, -0.25) is 0 Å². The van der Waals surface area contributed by atoms with E-state index in [1.54, 1.807) is 13.3 Å². The Balaban J connectivity index is 1.23. The number of urea groups is 1. The molecule has 0 aliphatic rings. The summed E-state index contributed by atoms with van der Waals surface area (Å²) in [5, 5.41) is 12.3. The highest BCUT2D eigenvalue weighted by molar-refractivity contribution is 5.84. The second-order valence-corrected chi connectivity index (χ2v) is 7.02. The van der Waals surface area contributed by atoms with Crippen molar-refractivity contribution in [2.24, 2.45) is 0 Å². The Morgan fingerprint density at radius 3 is 2.50 bits per heavy atom. The lowest BCUT2D eigenvalue weighted by Crippen LogP contribution is -2.36. The summed E-state index contributed by atoms with van der Waals surface area (Å²) in [5.41, 5.74) is 3.23. The maximum atomic E-state index is 12.1. The maximum absolute atomic E-state index is 12.1. The molecule has 152 valence electrons. The molecule has 6 heteroatoms. The van der Waals surface area contributed by atoms with E-state index in [4.69, 9.17) is 4.74 Å². The third-order valence-electron chi connectivity index (χ3n) is 4.97. The number of nitrogens with one attached hydrogen (secondary N) is 2. The zero-order valence-corrected chi connectivity index (χ0v) is 16.8. The minimum atomic E-state index is -0.169. The van der Waals surface area contributed by atoms with Crippen LogP contribution in [0.4, 0.5) is 4.79 Å². The summed E-state index contributed by atoms with van der Waals surface area (Å²) in [6.07, 6.45) is 4.43. The van der Waals surface area contributed by atoms with E-state index < -0.39 is 0 Å². The molecule has 0 atom stereocenters. The van der Waals surface area contributed by atoms with E-state index in [2.05, 4.69) is 33.9 Å². The number of rotatable bonds is 7. The molecule has 0 radical (unpaired) electrons. The first kappa shape index (κ1) is 19.5. The molecule has 0 saturated carbocycles. The zero-order chi connectivity index (χ0) is 20.8. The minimum absolute atomic E-state index is 0.169. The van der Waals surface area contributed by atoms with Crippen LogP contribution in [0, 0.1) is 0 Å². The summed E-state index contributed by atoms with van der Waals surface area (Å²) in [7, 11) is 1.66. The van der Waals surface area contributed by atoms with Crippen molar-refractivity contribution in [2.75, 3.05) is 13.7 Å². The average Bonchev–Trinajstić information content (AvgIpc) is 3.32. The van der Waals surface area contributed by atoms with Crippen molar-refractivity contribution in [3.05, 3.63) is 90.3 Å². The lowest BCUT2D eigenvalue weighted by Gasteiger charge is -2.09. The maximum Gasteiger partial charge on any atom is 0.315 e. The average molecular weight is 400 g/mol. The highest BCUT2D eigenvalue weighted by Crippen LogP contribution is 2.21. The van der Waals surface area contributed by atoms with Crippen LogP contribution in [-0.4, -0.2) is 29.5 Å². The van der Waals surface area contributed by atoms with Gasteiger partial charge in [0.15, 0.2) is 0 Å². The summed E-state index contributed by atoms with van der Waals surface area (Å²) in [5.74, 6) is 0.837. The first-order chi connectivity index (χ1) is 14.7. The van der Waals surface area contributed by atoms with Crippen LogP contribution in [0.1, 0.15) is 11.1 Å². The van der Waals surface area contributed by atoms with Gasteiger partial charge in [-0.25, -0.2) is 9.48 Å². The zero-order valence-electron chi connectivity index (χ0n) is 16.8. The Hall–Kier alpha value is -3.80. The number of amides is 2. The van der Waals surface area contributed by atoms with Crippen molar-refractivity contribution in [1.29, 1.82) is 0 Å². The monoisotopic (exact) mass is 400 g/mol. The first-order valence-electron chi connectivity index (χ1n) is 9.88. The molecule has 4 rings (SSSR count). The number of carbonyl (C=O) groups excluding carboxylic acids is 1. The lowest BCUT2D eigenvalue weighted by molar-refractivity contribution is 0.240. The molecule has 3 aromatic carbocycles. The fraction of sp³-hybridized carbons (Fsp3) is 0.167. The van der Waals surface area contributed by atoms with Crippen molar-refractivity contribution in [2.45, 2.75) is 13.0 Å². The molecule has 2 N–H and O–H groups in total. The standard InChI is InChI=1S/C24H24N4O2/c1-30-23-10-7-20-15-19(3-6-21(20)16-23)17-26-24(29)25-13-11-18-4-8-22(9-5-18)28-14-2-12-27-28/h2-10,12,14-16H,11,13,17H2,1H3,(H2,25,26,29). The van der Waals surface area contributed by atoms with E-state index >= 15 is 0 Å². The molecule has 2 amide bonds. The number of aromatic nitrogens is 2. The molecule has 0 aliphatic carbocycles. The van der Waals surface area contributed by atoms with Crippen LogP contribution in [0.25, 0.3) is 16.5 Å². The Kier molecular flexibility index (Phi) is 5.94. The molecule has 0 saturated heterocycles. The summed E-state index contributed by atoms with van der Waals surface area (Å²) < 4.78 is 7.07. The highest BCUT2D eigenvalue weighted by Gasteiger charge is 2.03. The van der Waals surface area contributed by atoms with Gasteiger partial charge in [-0.05, 0) is 64.7 Å². The van der Waals surface area contributed by atoms with E-state index in [1.807, 2.05) is 59.4 Å². The van der Waals surface area contributed by atoms with E-state index in [0.29, 0.717) is 13.1 Å².